The summed E-state index contributed by atoms with van der Waals surface area (Å²) in [5, 5.41) is 3.82. The summed E-state index contributed by atoms with van der Waals surface area (Å²) in [7, 11) is 2.15. The maximum atomic E-state index is 11.9. The molecule has 1 saturated heterocycles. The molecule has 1 aliphatic rings. The van der Waals surface area contributed by atoms with E-state index in [4.69, 9.17) is 11.6 Å². The number of piperazine rings is 1. The van der Waals surface area contributed by atoms with Gasteiger partial charge in [0, 0.05) is 43.7 Å². The van der Waals surface area contributed by atoms with Crippen molar-refractivity contribution >= 4 is 29.9 Å². The van der Waals surface area contributed by atoms with Crippen molar-refractivity contribution in [2.75, 3.05) is 39.8 Å². The monoisotopic (exact) mass is 359 g/mol. The molecule has 2 rings (SSSR count). The number of rotatable bonds is 5. The van der Waals surface area contributed by atoms with Crippen LogP contribution in [0.1, 0.15) is 25.5 Å². The summed E-state index contributed by atoms with van der Waals surface area (Å²) < 4.78 is 0. The second-order valence-electron chi connectivity index (χ2n) is 6.31. The van der Waals surface area contributed by atoms with E-state index in [1.165, 1.54) is 5.56 Å². The maximum absolute atomic E-state index is 11.9. The van der Waals surface area contributed by atoms with Crippen molar-refractivity contribution in [1.82, 2.24) is 15.1 Å². The van der Waals surface area contributed by atoms with Crippen LogP contribution in [0.15, 0.2) is 24.3 Å². The van der Waals surface area contributed by atoms with Crippen LogP contribution in [-0.2, 0) is 4.79 Å². The molecule has 1 aromatic carbocycles. The highest BCUT2D eigenvalue weighted by atomic mass is 35.5. The van der Waals surface area contributed by atoms with Gasteiger partial charge in [0.2, 0.25) is 5.91 Å². The molecule has 1 N–H and O–H groups in total. The molecular weight excluding hydrogens is 333 g/mol. The summed E-state index contributed by atoms with van der Waals surface area (Å²) in [6.07, 6.45) is 0. The summed E-state index contributed by atoms with van der Waals surface area (Å²) >= 11 is 6.00. The van der Waals surface area contributed by atoms with E-state index in [0.717, 1.165) is 31.2 Å². The van der Waals surface area contributed by atoms with Gasteiger partial charge in [-0.3, -0.25) is 9.69 Å². The predicted octanol–water partition coefficient (Wildman–Crippen LogP) is 2.82. The third-order valence-corrected chi connectivity index (χ3v) is 4.48. The fraction of sp³-hybridized carbons (Fsp3) is 0.588. The minimum Gasteiger partial charge on any atom is -0.354 e. The van der Waals surface area contributed by atoms with E-state index in [0.29, 0.717) is 6.54 Å². The Hall–Kier alpha value is -0.810. The average molecular weight is 360 g/mol. The Morgan fingerprint density at radius 3 is 2.26 bits per heavy atom. The molecule has 0 bridgehead atoms. The lowest BCUT2D eigenvalue weighted by Crippen LogP contribution is -2.48. The number of carbonyl (C=O) groups is 1. The topological polar surface area (TPSA) is 35.6 Å². The molecule has 1 aliphatic heterocycles. The molecule has 1 amide bonds. The van der Waals surface area contributed by atoms with Gasteiger partial charge in [0.1, 0.15) is 0 Å². The highest BCUT2D eigenvalue weighted by Gasteiger charge is 2.24. The Morgan fingerprint density at radius 2 is 1.74 bits per heavy atom. The van der Waals surface area contributed by atoms with E-state index < -0.39 is 0 Å². The number of amides is 1. The molecule has 6 heteroatoms. The SMILES string of the molecule is CC(C)C(=O)NCC(c1ccc(Cl)cc1)N1CCN(C)CC1.Cl. The number of hydrogen-bond acceptors (Lipinski definition) is 3. The van der Waals surface area contributed by atoms with E-state index in [1.807, 2.05) is 26.0 Å². The minimum atomic E-state index is 0. The lowest BCUT2D eigenvalue weighted by Gasteiger charge is -2.38. The van der Waals surface area contributed by atoms with E-state index in [9.17, 15) is 4.79 Å². The molecule has 4 nitrogen and oxygen atoms in total. The molecule has 1 heterocycles. The van der Waals surface area contributed by atoms with E-state index in [-0.39, 0.29) is 30.3 Å². The van der Waals surface area contributed by atoms with Crippen molar-refractivity contribution in [3.8, 4) is 0 Å². The molecule has 1 unspecified atom stereocenters. The first-order valence-electron chi connectivity index (χ1n) is 7.93. The van der Waals surface area contributed by atoms with Crippen LogP contribution in [0.25, 0.3) is 0 Å². The van der Waals surface area contributed by atoms with Gasteiger partial charge in [-0.05, 0) is 24.7 Å². The van der Waals surface area contributed by atoms with Crippen LogP contribution in [0.5, 0.6) is 0 Å². The normalized spacial score (nSPS) is 17.6. The summed E-state index contributed by atoms with van der Waals surface area (Å²) in [6.45, 7) is 8.63. The van der Waals surface area contributed by atoms with E-state index in [1.54, 1.807) is 0 Å². The lowest BCUT2D eigenvalue weighted by atomic mass is 10.0. The van der Waals surface area contributed by atoms with Crippen molar-refractivity contribution in [3.63, 3.8) is 0 Å². The Labute approximate surface area is 150 Å². The standard InChI is InChI=1S/C17H26ClN3O.ClH/c1-13(2)17(22)19-12-16(14-4-6-15(18)7-5-14)21-10-8-20(3)9-11-21;/h4-7,13,16H,8-12H2,1-3H3,(H,19,22);1H. The zero-order valence-electron chi connectivity index (χ0n) is 14.1. The van der Waals surface area contributed by atoms with Crippen molar-refractivity contribution in [3.05, 3.63) is 34.9 Å². The molecule has 1 atom stereocenters. The average Bonchev–Trinajstić information content (AvgIpc) is 2.50. The summed E-state index contributed by atoms with van der Waals surface area (Å²) in [5.41, 5.74) is 1.21. The van der Waals surface area contributed by atoms with Crippen LogP contribution >= 0.6 is 24.0 Å². The second kappa shape index (κ2) is 9.48. The number of nitrogens with zero attached hydrogens (tertiary/aromatic N) is 2. The highest BCUT2D eigenvalue weighted by Crippen LogP contribution is 2.23. The van der Waals surface area contributed by atoms with Crippen molar-refractivity contribution in [2.45, 2.75) is 19.9 Å². The second-order valence-corrected chi connectivity index (χ2v) is 6.74. The zero-order valence-corrected chi connectivity index (χ0v) is 15.7. The third-order valence-electron chi connectivity index (χ3n) is 4.23. The number of likely N-dealkylation sites (N-methyl/N-ethyl adjacent to an activating group) is 1. The first-order chi connectivity index (χ1) is 10.5. The molecule has 1 fully saturated rings. The quantitative estimate of drug-likeness (QED) is 0.877. The molecule has 0 radical (unpaired) electrons. The fourth-order valence-corrected chi connectivity index (χ4v) is 2.80. The summed E-state index contributed by atoms with van der Waals surface area (Å²) in [4.78, 5) is 16.7. The minimum absolute atomic E-state index is 0. The van der Waals surface area contributed by atoms with Gasteiger partial charge in [-0.2, -0.15) is 0 Å². The number of hydrogen-bond donors (Lipinski definition) is 1. The third kappa shape index (κ3) is 5.96. The first kappa shape index (κ1) is 20.2. The molecule has 0 saturated carbocycles. The predicted molar refractivity (Wildman–Crippen MR) is 98.4 cm³/mol. The molecule has 23 heavy (non-hydrogen) atoms. The maximum Gasteiger partial charge on any atom is 0.222 e. The van der Waals surface area contributed by atoms with Crippen molar-refractivity contribution in [1.29, 1.82) is 0 Å². The summed E-state index contributed by atoms with van der Waals surface area (Å²) in [5.74, 6) is 0.117. The molecule has 130 valence electrons. The van der Waals surface area contributed by atoms with Crippen LogP contribution in [0.2, 0.25) is 5.02 Å². The molecule has 0 spiro atoms. The molecule has 1 aromatic rings. The van der Waals surface area contributed by atoms with Gasteiger partial charge in [0.15, 0.2) is 0 Å². The Bertz CT molecular complexity index is 485. The molecular formula is C17H27Cl2N3O. The van der Waals surface area contributed by atoms with Crippen LogP contribution in [0, 0.1) is 5.92 Å². The zero-order chi connectivity index (χ0) is 16.1. The number of carbonyl (C=O) groups excluding carboxylic acids is 1. The van der Waals surface area contributed by atoms with Gasteiger partial charge >= 0.3 is 0 Å². The van der Waals surface area contributed by atoms with Gasteiger partial charge in [0.25, 0.3) is 0 Å². The van der Waals surface area contributed by atoms with E-state index >= 15 is 0 Å². The van der Waals surface area contributed by atoms with Crippen LogP contribution in [0.3, 0.4) is 0 Å². The van der Waals surface area contributed by atoms with Gasteiger partial charge < -0.3 is 10.2 Å². The van der Waals surface area contributed by atoms with Crippen molar-refractivity contribution < 1.29 is 4.79 Å². The van der Waals surface area contributed by atoms with Crippen molar-refractivity contribution in [2.24, 2.45) is 5.92 Å². The van der Waals surface area contributed by atoms with Crippen LogP contribution < -0.4 is 5.32 Å². The Morgan fingerprint density at radius 1 is 1.17 bits per heavy atom. The van der Waals surface area contributed by atoms with Gasteiger partial charge in [-0.1, -0.05) is 37.6 Å². The lowest BCUT2D eigenvalue weighted by molar-refractivity contribution is -0.124. The van der Waals surface area contributed by atoms with Crippen LogP contribution in [-0.4, -0.2) is 55.5 Å². The largest absolute Gasteiger partial charge is 0.354 e. The molecule has 0 aliphatic carbocycles. The van der Waals surface area contributed by atoms with Gasteiger partial charge in [0.05, 0.1) is 6.04 Å². The van der Waals surface area contributed by atoms with E-state index in [2.05, 4.69) is 34.3 Å². The Kier molecular flexibility index (Phi) is 8.34. The summed E-state index contributed by atoms with van der Waals surface area (Å²) in [6, 6.07) is 8.17. The number of halogens is 2. The van der Waals surface area contributed by atoms with Gasteiger partial charge in [-0.15, -0.1) is 12.4 Å². The van der Waals surface area contributed by atoms with Gasteiger partial charge in [-0.25, -0.2) is 0 Å². The highest BCUT2D eigenvalue weighted by molar-refractivity contribution is 6.30. The van der Waals surface area contributed by atoms with Crippen LogP contribution in [0.4, 0.5) is 0 Å². The first-order valence-corrected chi connectivity index (χ1v) is 8.31. The number of benzene rings is 1. The Balaban J connectivity index is 0.00000264. The molecule has 0 aromatic heterocycles. The number of nitrogens with one attached hydrogen (secondary N) is 1. The smallest absolute Gasteiger partial charge is 0.222 e. The fourth-order valence-electron chi connectivity index (χ4n) is 2.68.